The molecule has 3 N–H and O–H groups in total. The highest BCUT2D eigenvalue weighted by atomic mass is 19.1. The van der Waals surface area contributed by atoms with Crippen LogP contribution < -0.4 is 11.1 Å². The third kappa shape index (κ3) is 4.35. The fraction of sp³-hybridized carbons (Fsp3) is 0.176. The smallest absolute Gasteiger partial charge is 0.164 e. The summed E-state index contributed by atoms with van der Waals surface area (Å²) in [6.07, 6.45) is 3.31. The summed E-state index contributed by atoms with van der Waals surface area (Å²) in [5.41, 5.74) is 7.57. The lowest BCUT2D eigenvalue weighted by molar-refractivity contribution is 0.611. The van der Waals surface area contributed by atoms with E-state index in [2.05, 4.69) is 21.9 Å². The number of nitrogens with zero attached hydrogens (tertiary/aromatic N) is 2. The Morgan fingerprint density at radius 1 is 1.39 bits per heavy atom. The predicted molar refractivity (Wildman–Crippen MR) is 89.0 cm³/mol. The van der Waals surface area contributed by atoms with Gasteiger partial charge in [0.05, 0.1) is 24.1 Å². The summed E-state index contributed by atoms with van der Waals surface area (Å²) in [7, 11) is 0. The molecular weight excluding hydrogens is 298 g/mol. The summed E-state index contributed by atoms with van der Waals surface area (Å²) in [5, 5.41) is 2.68. The minimum atomic E-state index is -0.537. The van der Waals surface area contributed by atoms with Gasteiger partial charge in [-0.15, -0.1) is 0 Å². The lowest BCUT2D eigenvalue weighted by Gasteiger charge is -2.14. The summed E-state index contributed by atoms with van der Waals surface area (Å²) in [5.74, 6) is -0.521. The van der Waals surface area contributed by atoms with Crippen molar-refractivity contribution in [1.29, 1.82) is 0 Å². The summed E-state index contributed by atoms with van der Waals surface area (Å²) in [4.78, 5) is 8.25. The third-order valence-electron chi connectivity index (χ3n) is 3.23. The Bertz CT molecular complexity index is 730. The van der Waals surface area contributed by atoms with Crippen molar-refractivity contribution in [2.24, 2.45) is 15.7 Å². The number of allylic oxidation sites excluding steroid dienone is 2. The molecule has 0 unspecified atom stereocenters. The Hall–Kier alpha value is -2.76. The highest BCUT2D eigenvalue weighted by molar-refractivity contribution is 6.06. The second kappa shape index (κ2) is 7.49. The van der Waals surface area contributed by atoms with E-state index >= 15 is 0 Å². The zero-order valence-electron chi connectivity index (χ0n) is 12.8. The Labute approximate surface area is 133 Å². The number of amidine groups is 1. The lowest BCUT2D eigenvalue weighted by Crippen LogP contribution is -2.30. The van der Waals surface area contributed by atoms with Crippen LogP contribution in [0.5, 0.6) is 0 Å². The lowest BCUT2D eigenvalue weighted by atomic mass is 10.2. The van der Waals surface area contributed by atoms with E-state index < -0.39 is 5.83 Å². The molecular formula is C17H18F2N4. The van der Waals surface area contributed by atoms with Crippen LogP contribution in [0.3, 0.4) is 0 Å². The molecule has 1 aliphatic rings. The van der Waals surface area contributed by atoms with Crippen molar-refractivity contribution in [2.75, 3.05) is 0 Å². The van der Waals surface area contributed by atoms with Crippen molar-refractivity contribution in [3.8, 4) is 0 Å². The molecule has 1 aromatic rings. The largest absolute Gasteiger partial charge is 0.396 e. The van der Waals surface area contributed by atoms with Gasteiger partial charge in [-0.3, -0.25) is 4.99 Å². The van der Waals surface area contributed by atoms with Crippen LogP contribution in [-0.4, -0.2) is 11.5 Å². The van der Waals surface area contributed by atoms with E-state index in [1.807, 2.05) is 6.92 Å². The molecule has 23 heavy (non-hydrogen) atoms. The van der Waals surface area contributed by atoms with E-state index in [4.69, 9.17) is 5.73 Å². The van der Waals surface area contributed by atoms with Crippen molar-refractivity contribution >= 4 is 11.5 Å². The number of benzene rings is 1. The van der Waals surface area contributed by atoms with E-state index in [1.54, 1.807) is 24.3 Å². The maximum Gasteiger partial charge on any atom is 0.164 e. The molecule has 0 aromatic heterocycles. The highest BCUT2D eigenvalue weighted by Crippen LogP contribution is 2.12. The second-order valence-corrected chi connectivity index (χ2v) is 4.91. The van der Waals surface area contributed by atoms with Crippen LogP contribution in [0.2, 0.25) is 0 Å². The van der Waals surface area contributed by atoms with Crippen LogP contribution in [0, 0.1) is 5.82 Å². The van der Waals surface area contributed by atoms with Gasteiger partial charge >= 0.3 is 0 Å². The van der Waals surface area contributed by atoms with E-state index in [1.165, 1.54) is 6.07 Å². The van der Waals surface area contributed by atoms with E-state index in [9.17, 15) is 8.78 Å². The average Bonchev–Trinajstić information content (AvgIpc) is 2.55. The molecule has 0 atom stereocenters. The topological polar surface area (TPSA) is 62.8 Å². The molecule has 0 saturated heterocycles. The van der Waals surface area contributed by atoms with Gasteiger partial charge in [-0.05, 0) is 18.6 Å². The molecule has 1 heterocycles. The van der Waals surface area contributed by atoms with Crippen LogP contribution in [0.4, 0.5) is 8.78 Å². The Morgan fingerprint density at radius 3 is 2.78 bits per heavy atom. The predicted octanol–water partition coefficient (Wildman–Crippen LogP) is 3.35. The summed E-state index contributed by atoms with van der Waals surface area (Å²) in [6.45, 7) is 5.66. The molecule has 1 aliphatic heterocycles. The SMILES string of the molecule is C=C1NC(C(N)=CC(CC)=NCc2ccccc2F)=NC=C1F. The number of nitrogens with two attached hydrogens (primary N) is 1. The first-order chi connectivity index (χ1) is 11.0. The van der Waals surface area contributed by atoms with E-state index in [-0.39, 0.29) is 18.1 Å². The highest BCUT2D eigenvalue weighted by Gasteiger charge is 2.12. The molecule has 1 aromatic carbocycles. The van der Waals surface area contributed by atoms with Gasteiger partial charge in [0.1, 0.15) is 5.82 Å². The van der Waals surface area contributed by atoms with Gasteiger partial charge in [-0.1, -0.05) is 31.7 Å². The van der Waals surface area contributed by atoms with Gasteiger partial charge in [0, 0.05) is 11.3 Å². The van der Waals surface area contributed by atoms with Crippen LogP contribution in [0.15, 0.2) is 70.3 Å². The summed E-state index contributed by atoms with van der Waals surface area (Å²) in [6, 6.07) is 6.47. The van der Waals surface area contributed by atoms with Crippen LogP contribution >= 0.6 is 0 Å². The van der Waals surface area contributed by atoms with Crippen molar-refractivity contribution in [1.82, 2.24) is 5.32 Å². The molecule has 6 heteroatoms. The fourth-order valence-electron chi connectivity index (χ4n) is 1.90. The van der Waals surface area contributed by atoms with Gasteiger partial charge < -0.3 is 11.1 Å². The number of rotatable bonds is 5. The van der Waals surface area contributed by atoms with Crippen molar-refractivity contribution < 1.29 is 8.78 Å². The first-order valence-electron chi connectivity index (χ1n) is 7.15. The molecule has 0 saturated carbocycles. The monoisotopic (exact) mass is 316 g/mol. The normalized spacial score (nSPS) is 15.9. The van der Waals surface area contributed by atoms with Crippen LogP contribution in [-0.2, 0) is 6.54 Å². The second-order valence-electron chi connectivity index (χ2n) is 4.91. The van der Waals surface area contributed by atoms with Gasteiger partial charge in [0.15, 0.2) is 11.7 Å². The van der Waals surface area contributed by atoms with Crippen LogP contribution in [0.1, 0.15) is 18.9 Å². The van der Waals surface area contributed by atoms with Gasteiger partial charge in [0.2, 0.25) is 0 Å². The first-order valence-corrected chi connectivity index (χ1v) is 7.15. The van der Waals surface area contributed by atoms with Gasteiger partial charge in [-0.25, -0.2) is 13.8 Å². The minimum Gasteiger partial charge on any atom is -0.396 e. The average molecular weight is 316 g/mol. The molecule has 0 spiro atoms. The number of halogens is 2. The fourth-order valence-corrected chi connectivity index (χ4v) is 1.90. The van der Waals surface area contributed by atoms with E-state index in [0.29, 0.717) is 29.2 Å². The molecule has 0 bridgehead atoms. The minimum absolute atomic E-state index is 0.104. The summed E-state index contributed by atoms with van der Waals surface area (Å²) < 4.78 is 26.7. The quantitative estimate of drug-likeness (QED) is 0.818. The Balaban J connectivity index is 2.16. The van der Waals surface area contributed by atoms with Gasteiger partial charge in [0.25, 0.3) is 0 Å². The number of hydrogen-bond donors (Lipinski definition) is 2. The maximum absolute atomic E-state index is 13.6. The van der Waals surface area contributed by atoms with Crippen molar-refractivity contribution in [3.05, 3.63) is 71.7 Å². The van der Waals surface area contributed by atoms with Crippen molar-refractivity contribution in [2.45, 2.75) is 19.9 Å². The molecule has 2 rings (SSSR count). The van der Waals surface area contributed by atoms with Crippen LogP contribution in [0.25, 0.3) is 0 Å². The summed E-state index contributed by atoms with van der Waals surface area (Å²) >= 11 is 0. The molecule has 0 amide bonds. The number of aliphatic imine (C=N–C) groups is 2. The zero-order valence-corrected chi connectivity index (χ0v) is 12.8. The van der Waals surface area contributed by atoms with Crippen molar-refractivity contribution in [3.63, 3.8) is 0 Å². The van der Waals surface area contributed by atoms with E-state index in [0.717, 1.165) is 6.20 Å². The molecule has 4 nitrogen and oxygen atoms in total. The maximum atomic E-state index is 13.6. The number of nitrogens with one attached hydrogen (secondary N) is 1. The standard InChI is InChI=1S/C17H18F2N4/c1-3-13(21-9-12-6-4-5-7-14(12)18)8-16(20)17-22-10-15(19)11(2)23-17/h4-8,10H,2-3,9,20H2,1H3,(H,22,23). The zero-order chi connectivity index (χ0) is 16.8. The Morgan fingerprint density at radius 2 is 2.13 bits per heavy atom. The third-order valence-corrected chi connectivity index (χ3v) is 3.23. The number of hydrogen-bond acceptors (Lipinski definition) is 4. The molecule has 120 valence electrons. The Kier molecular flexibility index (Phi) is 5.41. The molecule has 0 aliphatic carbocycles. The molecule has 0 radical (unpaired) electrons. The molecule has 0 fully saturated rings. The van der Waals surface area contributed by atoms with Gasteiger partial charge in [-0.2, -0.15) is 0 Å². The first kappa shape index (κ1) is 16.6.